The van der Waals surface area contributed by atoms with Gasteiger partial charge < -0.3 is 14.4 Å². The number of hydrogen-bond donors (Lipinski definition) is 1. The van der Waals surface area contributed by atoms with Crippen LogP contribution in [0.3, 0.4) is 0 Å². The van der Waals surface area contributed by atoms with Gasteiger partial charge >= 0.3 is 5.97 Å². The molecule has 3 aromatic heterocycles. The van der Waals surface area contributed by atoms with E-state index in [9.17, 15) is 23.1 Å². The van der Waals surface area contributed by atoms with Crippen LogP contribution in [-0.2, 0) is 44.9 Å². The van der Waals surface area contributed by atoms with Gasteiger partial charge in [-0.25, -0.2) is 18.2 Å². The summed E-state index contributed by atoms with van der Waals surface area (Å²) in [7, 11) is -3.50. The average molecular weight is 593 g/mol. The van der Waals surface area contributed by atoms with E-state index in [2.05, 4.69) is 4.90 Å². The van der Waals surface area contributed by atoms with Crippen LogP contribution < -0.4 is 5.56 Å². The number of aliphatic hydroxyl groups is 1. The molecule has 41 heavy (non-hydrogen) atoms. The van der Waals surface area contributed by atoms with Crippen molar-refractivity contribution in [3.8, 4) is 11.4 Å². The van der Waals surface area contributed by atoms with Gasteiger partial charge in [0.2, 0.25) is 0 Å². The summed E-state index contributed by atoms with van der Waals surface area (Å²) in [5.74, 6) is -0.748. The number of thiophene rings is 1. The van der Waals surface area contributed by atoms with Crippen LogP contribution in [0.5, 0.6) is 0 Å². The van der Waals surface area contributed by atoms with Crippen molar-refractivity contribution in [2.24, 2.45) is 0 Å². The van der Waals surface area contributed by atoms with Crippen LogP contribution in [-0.4, -0.2) is 64.4 Å². The van der Waals surface area contributed by atoms with Crippen LogP contribution >= 0.6 is 11.3 Å². The number of rotatable bonds is 5. The molecule has 3 aliphatic rings. The average Bonchev–Trinajstić information content (AvgIpc) is 3.65. The van der Waals surface area contributed by atoms with E-state index in [1.165, 1.54) is 11.3 Å². The van der Waals surface area contributed by atoms with E-state index in [4.69, 9.17) is 9.72 Å². The summed E-state index contributed by atoms with van der Waals surface area (Å²) in [5.41, 5.74) is 2.39. The molecule has 4 aromatic rings. The summed E-state index contributed by atoms with van der Waals surface area (Å²) in [6, 6.07) is 12.9. The van der Waals surface area contributed by atoms with E-state index < -0.39 is 21.6 Å². The minimum absolute atomic E-state index is 0.0825. The molecule has 1 aromatic carbocycles. The zero-order valence-corrected chi connectivity index (χ0v) is 24.0. The van der Waals surface area contributed by atoms with Crippen molar-refractivity contribution in [1.29, 1.82) is 0 Å². The van der Waals surface area contributed by atoms with E-state index in [0.717, 1.165) is 22.0 Å². The highest BCUT2D eigenvalue weighted by Crippen LogP contribution is 2.40. The molecule has 3 aliphatic heterocycles. The molecular weight excluding hydrogens is 564 g/mol. The fourth-order valence-electron chi connectivity index (χ4n) is 6.18. The van der Waals surface area contributed by atoms with Gasteiger partial charge in [-0.15, -0.1) is 11.3 Å². The van der Waals surface area contributed by atoms with Gasteiger partial charge in [-0.05, 0) is 35.6 Å². The van der Waals surface area contributed by atoms with Crippen LogP contribution in [0, 0.1) is 0 Å². The molecule has 1 N–H and O–H groups in total. The quantitative estimate of drug-likeness (QED) is 0.309. The maximum absolute atomic E-state index is 13.7. The number of carbonyl (C=O) groups is 1. The first kappa shape index (κ1) is 26.5. The van der Waals surface area contributed by atoms with E-state index >= 15 is 0 Å². The number of aromatic nitrogens is 2. The van der Waals surface area contributed by atoms with Crippen molar-refractivity contribution < 1.29 is 23.1 Å². The molecule has 12 heteroatoms. The number of carbonyl (C=O) groups excluding carboxylic acids is 1. The van der Waals surface area contributed by atoms with Crippen LogP contribution in [0.4, 0.5) is 0 Å². The second-order valence-corrected chi connectivity index (χ2v) is 13.8. The topological polar surface area (TPSA) is 122 Å². The molecule has 6 heterocycles. The van der Waals surface area contributed by atoms with Crippen molar-refractivity contribution in [2.75, 3.05) is 26.2 Å². The first-order chi connectivity index (χ1) is 19.7. The lowest BCUT2D eigenvalue weighted by Crippen LogP contribution is -2.48. The monoisotopic (exact) mass is 592 g/mol. The number of benzene rings is 1. The van der Waals surface area contributed by atoms with Crippen LogP contribution in [0.1, 0.15) is 35.6 Å². The second-order valence-electron chi connectivity index (χ2n) is 10.7. The van der Waals surface area contributed by atoms with Crippen LogP contribution in [0.25, 0.3) is 22.3 Å². The molecule has 1 atom stereocenters. The molecule has 0 amide bonds. The Hall–Kier alpha value is -3.42. The van der Waals surface area contributed by atoms with Gasteiger partial charge in [-0.1, -0.05) is 31.2 Å². The number of piperazine rings is 1. The predicted octanol–water partition coefficient (Wildman–Crippen LogP) is 2.65. The Bertz CT molecular complexity index is 1880. The minimum Gasteiger partial charge on any atom is -0.458 e. The highest BCUT2D eigenvalue weighted by atomic mass is 32.2. The summed E-state index contributed by atoms with van der Waals surface area (Å²) < 4.78 is 34.8. The molecule has 0 unspecified atom stereocenters. The molecule has 10 nitrogen and oxygen atoms in total. The molecule has 1 saturated heterocycles. The third-order valence-electron chi connectivity index (χ3n) is 8.52. The smallest absolute Gasteiger partial charge is 0.343 e. The van der Waals surface area contributed by atoms with Crippen molar-refractivity contribution in [1.82, 2.24) is 18.8 Å². The Morgan fingerprint density at radius 1 is 1.07 bits per heavy atom. The second kappa shape index (κ2) is 9.57. The van der Waals surface area contributed by atoms with Crippen molar-refractivity contribution in [2.45, 2.75) is 42.9 Å². The SMILES string of the molecule is CC[C@@]1(O)C(=O)OCc2c1cc1n(c2=O)Cc2c-1nc1ccccc1c2CN1CCN(S(=O)(=O)c2cccs2)CC1. The van der Waals surface area contributed by atoms with Gasteiger partial charge in [0, 0.05) is 49.2 Å². The fourth-order valence-corrected chi connectivity index (χ4v) is 8.75. The van der Waals surface area contributed by atoms with E-state index in [-0.39, 0.29) is 18.6 Å². The van der Waals surface area contributed by atoms with Crippen molar-refractivity contribution in [3.05, 3.63) is 80.5 Å². The highest BCUT2D eigenvalue weighted by molar-refractivity contribution is 7.91. The molecule has 0 bridgehead atoms. The summed E-state index contributed by atoms with van der Waals surface area (Å²) in [6.45, 7) is 4.32. The first-order valence-corrected chi connectivity index (χ1v) is 15.9. The summed E-state index contributed by atoms with van der Waals surface area (Å²) in [4.78, 5) is 33.4. The number of esters is 1. The summed E-state index contributed by atoms with van der Waals surface area (Å²) in [5, 5.41) is 13.9. The Labute approximate surface area is 240 Å². The third-order valence-corrected chi connectivity index (χ3v) is 11.8. The summed E-state index contributed by atoms with van der Waals surface area (Å²) >= 11 is 1.23. The van der Waals surface area contributed by atoms with Gasteiger partial charge in [-0.2, -0.15) is 4.31 Å². The number of hydrogen-bond acceptors (Lipinski definition) is 9. The Morgan fingerprint density at radius 2 is 1.85 bits per heavy atom. The highest BCUT2D eigenvalue weighted by Gasteiger charge is 2.45. The lowest BCUT2D eigenvalue weighted by atomic mass is 9.86. The maximum Gasteiger partial charge on any atom is 0.343 e. The number of pyridine rings is 2. The zero-order valence-electron chi connectivity index (χ0n) is 22.4. The third kappa shape index (κ3) is 4.00. The molecule has 7 rings (SSSR count). The van der Waals surface area contributed by atoms with E-state index in [1.807, 2.05) is 24.3 Å². The zero-order chi connectivity index (χ0) is 28.5. The molecule has 0 saturated carbocycles. The fraction of sp³-hybridized carbons (Fsp3) is 0.345. The van der Waals surface area contributed by atoms with Crippen LogP contribution in [0.2, 0.25) is 0 Å². The minimum atomic E-state index is -3.50. The van der Waals surface area contributed by atoms with Crippen LogP contribution in [0.15, 0.2) is 56.8 Å². The number of ether oxygens (including phenoxy) is 1. The van der Waals surface area contributed by atoms with E-state index in [1.54, 1.807) is 39.4 Å². The Balaban J connectivity index is 1.26. The molecule has 0 radical (unpaired) electrons. The molecule has 0 spiro atoms. The predicted molar refractivity (Wildman–Crippen MR) is 153 cm³/mol. The van der Waals surface area contributed by atoms with Gasteiger partial charge in [0.1, 0.15) is 10.8 Å². The number of sulfonamides is 1. The normalized spacial score (nSPS) is 21.0. The molecule has 212 valence electrons. The Kier molecular flexibility index (Phi) is 6.18. The number of cyclic esters (lactones) is 1. The maximum atomic E-state index is 13.7. The first-order valence-electron chi connectivity index (χ1n) is 13.6. The van der Waals surface area contributed by atoms with Gasteiger partial charge in [0.05, 0.1) is 29.0 Å². The largest absolute Gasteiger partial charge is 0.458 e. The summed E-state index contributed by atoms with van der Waals surface area (Å²) in [6.07, 6.45) is 0.0825. The molecule has 1 fully saturated rings. The van der Waals surface area contributed by atoms with Gasteiger partial charge in [0.15, 0.2) is 5.60 Å². The number of para-hydroxylation sites is 1. The lowest BCUT2D eigenvalue weighted by Gasteiger charge is -2.34. The Morgan fingerprint density at radius 3 is 2.59 bits per heavy atom. The van der Waals surface area contributed by atoms with Crippen molar-refractivity contribution >= 4 is 38.2 Å². The van der Waals surface area contributed by atoms with E-state index in [0.29, 0.717) is 66.0 Å². The standard InChI is InChI=1S/C29H28N4O6S2/c1-2-29(36)22-14-24-26-20(16-33(24)27(34)21(22)17-39-28(29)35)19(18-6-3-4-7-23(18)30-26)15-31-9-11-32(12-10-31)41(37,38)25-8-5-13-40-25/h3-8,13-14,36H,2,9-12,15-17H2,1H3/t29-/m0/s1. The number of fused-ring (bicyclic) bond motifs is 5. The van der Waals surface area contributed by atoms with Gasteiger partial charge in [0.25, 0.3) is 15.6 Å². The van der Waals surface area contributed by atoms with Gasteiger partial charge in [-0.3, -0.25) is 9.69 Å². The number of nitrogens with zero attached hydrogens (tertiary/aromatic N) is 4. The molecular formula is C29H28N4O6S2. The van der Waals surface area contributed by atoms with Crippen molar-refractivity contribution in [3.63, 3.8) is 0 Å². The lowest BCUT2D eigenvalue weighted by molar-refractivity contribution is -0.172. The molecule has 0 aliphatic carbocycles.